The largest absolute Gasteiger partial charge is 0.465 e. The number of rotatable bonds is 10. The van der Waals surface area contributed by atoms with Crippen LogP contribution in [0, 0.1) is 0 Å². The zero-order valence-corrected chi connectivity index (χ0v) is 17.4. The summed E-state index contributed by atoms with van der Waals surface area (Å²) in [5.74, 6) is 0.0994. The van der Waals surface area contributed by atoms with Crippen LogP contribution in [0.3, 0.4) is 0 Å². The van der Waals surface area contributed by atoms with E-state index in [0.717, 1.165) is 10.6 Å². The minimum atomic E-state index is -0.368. The highest BCUT2D eigenvalue weighted by atomic mass is 32.1. The fourth-order valence-corrected chi connectivity index (χ4v) is 3.93. The number of methoxy groups -OCH3 is 1. The summed E-state index contributed by atoms with van der Waals surface area (Å²) in [4.78, 5) is 27.8. The van der Waals surface area contributed by atoms with Gasteiger partial charge in [0.25, 0.3) is 5.91 Å². The molecule has 2 aromatic heterocycles. The molecule has 9 heteroatoms. The molecule has 8 nitrogen and oxygen atoms in total. The fourth-order valence-electron chi connectivity index (χ4n) is 3.12. The Bertz CT molecular complexity index is 819. The molecule has 1 aliphatic rings. The monoisotopic (exact) mass is 419 g/mol. The Labute approximate surface area is 173 Å². The molecule has 0 fully saturated rings. The standard InChI is InChI=1S/C20H25N3O5S/c1-3-27-20(25)14-22(8-10-26-2)13-19(24)23-16(18-7-5-11-29-18)12-15(21-23)17-6-4-9-28-17/h4-7,9,11,16H,3,8,10,12-14H2,1-2H3. The van der Waals surface area contributed by atoms with E-state index in [1.807, 2.05) is 23.6 Å². The predicted octanol–water partition coefficient (Wildman–Crippen LogP) is 2.53. The van der Waals surface area contributed by atoms with Crippen molar-refractivity contribution in [1.29, 1.82) is 0 Å². The Balaban J connectivity index is 1.76. The lowest BCUT2D eigenvalue weighted by molar-refractivity contribution is -0.145. The Morgan fingerprint density at radius 2 is 2.21 bits per heavy atom. The van der Waals surface area contributed by atoms with E-state index in [2.05, 4.69) is 5.10 Å². The van der Waals surface area contributed by atoms with Crippen molar-refractivity contribution in [3.8, 4) is 0 Å². The van der Waals surface area contributed by atoms with E-state index in [9.17, 15) is 9.59 Å². The smallest absolute Gasteiger partial charge is 0.320 e. The number of thiophene rings is 1. The van der Waals surface area contributed by atoms with Gasteiger partial charge in [-0.25, -0.2) is 5.01 Å². The van der Waals surface area contributed by atoms with Crippen molar-refractivity contribution in [1.82, 2.24) is 9.91 Å². The van der Waals surface area contributed by atoms with Gasteiger partial charge >= 0.3 is 5.97 Å². The highest BCUT2D eigenvalue weighted by Gasteiger charge is 2.35. The van der Waals surface area contributed by atoms with Gasteiger partial charge in [-0.2, -0.15) is 5.10 Å². The first-order valence-electron chi connectivity index (χ1n) is 9.46. The third kappa shape index (κ3) is 5.53. The number of ether oxygens (including phenoxy) is 2. The van der Waals surface area contributed by atoms with Crippen LogP contribution >= 0.6 is 11.3 Å². The Hall–Kier alpha value is -2.49. The molecule has 156 valence electrons. The molecule has 1 atom stereocenters. The van der Waals surface area contributed by atoms with Gasteiger partial charge in [0.05, 0.1) is 38.6 Å². The Kier molecular flexibility index (Phi) is 7.56. The minimum Gasteiger partial charge on any atom is -0.465 e. The lowest BCUT2D eigenvalue weighted by atomic mass is 10.1. The number of hydrogen-bond acceptors (Lipinski definition) is 8. The Morgan fingerprint density at radius 3 is 2.86 bits per heavy atom. The summed E-state index contributed by atoms with van der Waals surface area (Å²) in [5, 5.41) is 8.05. The highest BCUT2D eigenvalue weighted by Crippen LogP contribution is 2.35. The topological polar surface area (TPSA) is 84.6 Å². The van der Waals surface area contributed by atoms with Gasteiger partial charge in [0, 0.05) is 25.0 Å². The molecule has 0 saturated heterocycles. The van der Waals surface area contributed by atoms with Gasteiger partial charge in [-0.15, -0.1) is 11.3 Å². The zero-order chi connectivity index (χ0) is 20.6. The second-order valence-corrected chi connectivity index (χ2v) is 7.49. The molecular formula is C20H25N3O5S. The van der Waals surface area contributed by atoms with Gasteiger partial charge in [0.2, 0.25) is 0 Å². The number of esters is 1. The van der Waals surface area contributed by atoms with Crippen molar-refractivity contribution in [2.45, 2.75) is 19.4 Å². The van der Waals surface area contributed by atoms with Crippen LogP contribution in [0.4, 0.5) is 0 Å². The number of amides is 1. The maximum absolute atomic E-state index is 13.1. The van der Waals surface area contributed by atoms with E-state index in [0.29, 0.717) is 31.9 Å². The summed E-state index contributed by atoms with van der Waals surface area (Å²) >= 11 is 1.59. The summed E-state index contributed by atoms with van der Waals surface area (Å²) in [7, 11) is 1.58. The number of furan rings is 1. The molecule has 0 radical (unpaired) electrons. The molecule has 0 spiro atoms. The molecule has 1 aliphatic heterocycles. The van der Waals surface area contributed by atoms with E-state index in [1.54, 1.807) is 42.6 Å². The maximum Gasteiger partial charge on any atom is 0.320 e. The van der Waals surface area contributed by atoms with Crippen LogP contribution in [-0.4, -0.2) is 67.5 Å². The molecular weight excluding hydrogens is 394 g/mol. The van der Waals surface area contributed by atoms with Gasteiger partial charge in [-0.05, 0) is 30.5 Å². The molecule has 1 amide bonds. The molecule has 1 unspecified atom stereocenters. The van der Waals surface area contributed by atoms with Crippen molar-refractivity contribution in [2.24, 2.45) is 5.10 Å². The number of hydrogen-bond donors (Lipinski definition) is 0. The average molecular weight is 420 g/mol. The van der Waals surface area contributed by atoms with Gasteiger partial charge in [0.15, 0.2) is 0 Å². The third-order valence-corrected chi connectivity index (χ3v) is 5.45. The van der Waals surface area contributed by atoms with E-state index in [4.69, 9.17) is 13.9 Å². The van der Waals surface area contributed by atoms with E-state index in [1.165, 1.54) is 5.01 Å². The normalized spacial score (nSPS) is 16.3. The quantitative estimate of drug-likeness (QED) is 0.550. The minimum absolute atomic E-state index is 0.0230. The fraction of sp³-hybridized carbons (Fsp3) is 0.450. The molecule has 0 aliphatic carbocycles. The summed E-state index contributed by atoms with van der Waals surface area (Å²) in [5.41, 5.74) is 0.732. The second-order valence-electron chi connectivity index (χ2n) is 6.51. The van der Waals surface area contributed by atoms with Crippen LogP contribution in [0.1, 0.15) is 30.0 Å². The first-order valence-corrected chi connectivity index (χ1v) is 10.3. The van der Waals surface area contributed by atoms with Gasteiger partial charge in [-0.1, -0.05) is 6.07 Å². The van der Waals surface area contributed by atoms with Crippen LogP contribution in [-0.2, 0) is 19.1 Å². The molecule has 0 N–H and O–H groups in total. The summed E-state index contributed by atoms with van der Waals surface area (Å²) in [6.45, 7) is 2.96. The lowest BCUT2D eigenvalue weighted by Gasteiger charge is -2.25. The number of carbonyl (C=O) groups is 2. The van der Waals surface area contributed by atoms with Crippen LogP contribution in [0.25, 0.3) is 0 Å². The van der Waals surface area contributed by atoms with E-state index in [-0.39, 0.29) is 31.0 Å². The molecule has 29 heavy (non-hydrogen) atoms. The lowest BCUT2D eigenvalue weighted by Crippen LogP contribution is -2.42. The van der Waals surface area contributed by atoms with E-state index >= 15 is 0 Å². The van der Waals surface area contributed by atoms with Crippen molar-refractivity contribution >= 4 is 28.9 Å². The first-order chi connectivity index (χ1) is 14.1. The van der Waals surface area contributed by atoms with Crippen molar-refractivity contribution in [3.63, 3.8) is 0 Å². The second kappa shape index (κ2) is 10.3. The average Bonchev–Trinajstić information content (AvgIpc) is 3.46. The van der Waals surface area contributed by atoms with Gasteiger partial charge < -0.3 is 13.9 Å². The molecule has 0 bridgehead atoms. The summed E-state index contributed by atoms with van der Waals surface area (Å²) < 4.78 is 15.6. The van der Waals surface area contributed by atoms with Crippen LogP contribution in [0.2, 0.25) is 0 Å². The highest BCUT2D eigenvalue weighted by molar-refractivity contribution is 7.10. The SMILES string of the molecule is CCOC(=O)CN(CCOC)CC(=O)N1N=C(c2ccco2)CC1c1cccs1. The number of nitrogens with zero attached hydrogens (tertiary/aromatic N) is 3. The molecule has 2 aromatic rings. The zero-order valence-electron chi connectivity index (χ0n) is 16.6. The molecule has 0 aromatic carbocycles. The van der Waals surface area contributed by atoms with Crippen molar-refractivity contribution in [2.75, 3.05) is 40.0 Å². The van der Waals surface area contributed by atoms with Crippen molar-refractivity contribution < 1.29 is 23.5 Å². The third-order valence-electron chi connectivity index (χ3n) is 4.47. The maximum atomic E-state index is 13.1. The van der Waals surface area contributed by atoms with Gasteiger partial charge in [-0.3, -0.25) is 14.5 Å². The molecule has 0 saturated carbocycles. The predicted molar refractivity (Wildman–Crippen MR) is 109 cm³/mol. The number of carbonyl (C=O) groups excluding carboxylic acids is 2. The van der Waals surface area contributed by atoms with Gasteiger partial charge in [0.1, 0.15) is 11.5 Å². The molecule has 3 rings (SSSR count). The number of hydrazone groups is 1. The van der Waals surface area contributed by atoms with Crippen LogP contribution in [0.5, 0.6) is 0 Å². The van der Waals surface area contributed by atoms with E-state index < -0.39 is 0 Å². The van der Waals surface area contributed by atoms with Crippen molar-refractivity contribution in [3.05, 3.63) is 46.5 Å². The van der Waals surface area contributed by atoms with Crippen LogP contribution in [0.15, 0.2) is 45.4 Å². The molecule has 3 heterocycles. The summed E-state index contributed by atoms with van der Waals surface area (Å²) in [6, 6.07) is 7.41. The Morgan fingerprint density at radius 1 is 1.34 bits per heavy atom. The summed E-state index contributed by atoms with van der Waals surface area (Å²) in [6.07, 6.45) is 2.17. The van der Waals surface area contributed by atoms with Crippen LogP contribution < -0.4 is 0 Å². The first kappa shape index (κ1) is 21.2.